The lowest BCUT2D eigenvalue weighted by molar-refractivity contribution is 0.278. The van der Waals surface area contributed by atoms with E-state index in [1.54, 1.807) is 12.1 Å². The van der Waals surface area contributed by atoms with Crippen molar-refractivity contribution in [2.75, 3.05) is 6.26 Å². The SMILES string of the molecule is Cc1cc(CO)c(S(C)(=O)=O)cc1C. The molecule has 0 amide bonds. The van der Waals surface area contributed by atoms with Crippen molar-refractivity contribution in [1.29, 1.82) is 0 Å². The summed E-state index contributed by atoms with van der Waals surface area (Å²) in [6.45, 7) is 3.50. The van der Waals surface area contributed by atoms with E-state index in [0.717, 1.165) is 17.4 Å². The lowest BCUT2D eigenvalue weighted by atomic mass is 10.1. The Hall–Kier alpha value is -0.870. The normalized spacial score (nSPS) is 11.7. The minimum atomic E-state index is -3.24. The van der Waals surface area contributed by atoms with E-state index in [1.807, 2.05) is 13.8 Å². The number of sulfone groups is 1. The second-order valence-corrected chi connectivity index (χ2v) is 5.46. The molecule has 0 bridgehead atoms. The summed E-state index contributed by atoms with van der Waals surface area (Å²) in [5.74, 6) is 0. The van der Waals surface area contributed by atoms with Gasteiger partial charge in [0.15, 0.2) is 9.84 Å². The summed E-state index contributed by atoms with van der Waals surface area (Å²) in [7, 11) is -3.24. The molecule has 14 heavy (non-hydrogen) atoms. The van der Waals surface area contributed by atoms with Crippen molar-refractivity contribution in [2.24, 2.45) is 0 Å². The van der Waals surface area contributed by atoms with Crippen LogP contribution in [0.15, 0.2) is 17.0 Å². The number of aliphatic hydroxyl groups is 1. The fraction of sp³-hybridized carbons (Fsp3) is 0.400. The minimum Gasteiger partial charge on any atom is -0.392 e. The topological polar surface area (TPSA) is 54.4 Å². The summed E-state index contributed by atoms with van der Waals surface area (Å²) in [6.07, 6.45) is 1.15. The molecule has 1 rings (SSSR count). The van der Waals surface area contributed by atoms with Crippen molar-refractivity contribution >= 4 is 9.84 Å². The molecule has 4 heteroatoms. The highest BCUT2D eigenvalue weighted by atomic mass is 32.2. The zero-order chi connectivity index (χ0) is 10.9. The Kier molecular flexibility index (Phi) is 2.97. The van der Waals surface area contributed by atoms with Crippen molar-refractivity contribution in [1.82, 2.24) is 0 Å². The molecule has 0 spiro atoms. The van der Waals surface area contributed by atoms with Crippen molar-refractivity contribution < 1.29 is 13.5 Å². The number of hydrogen-bond acceptors (Lipinski definition) is 3. The van der Waals surface area contributed by atoms with Crippen LogP contribution in [0, 0.1) is 13.8 Å². The molecule has 78 valence electrons. The summed E-state index contributed by atoms with van der Waals surface area (Å²) in [5, 5.41) is 9.03. The van der Waals surface area contributed by atoms with Gasteiger partial charge in [0.1, 0.15) is 0 Å². The van der Waals surface area contributed by atoms with Crippen molar-refractivity contribution in [2.45, 2.75) is 25.3 Å². The van der Waals surface area contributed by atoms with Crippen LogP contribution in [0.1, 0.15) is 16.7 Å². The van der Waals surface area contributed by atoms with Crippen LogP contribution in [0.2, 0.25) is 0 Å². The summed E-state index contributed by atoms with van der Waals surface area (Å²) in [5.41, 5.74) is 2.37. The summed E-state index contributed by atoms with van der Waals surface area (Å²) >= 11 is 0. The van der Waals surface area contributed by atoms with Crippen LogP contribution in [0.25, 0.3) is 0 Å². The van der Waals surface area contributed by atoms with Crippen LogP contribution < -0.4 is 0 Å². The van der Waals surface area contributed by atoms with Gasteiger partial charge in [0, 0.05) is 6.26 Å². The number of aliphatic hydroxyl groups excluding tert-OH is 1. The number of aryl methyl sites for hydroxylation is 2. The van der Waals surface area contributed by atoms with E-state index in [-0.39, 0.29) is 11.5 Å². The summed E-state index contributed by atoms with van der Waals surface area (Å²) in [6, 6.07) is 3.32. The van der Waals surface area contributed by atoms with Gasteiger partial charge in [0.25, 0.3) is 0 Å². The molecule has 0 saturated heterocycles. The molecule has 0 fully saturated rings. The van der Waals surface area contributed by atoms with Crippen molar-refractivity contribution in [3.05, 3.63) is 28.8 Å². The van der Waals surface area contributed by atoms with Crippen LogP contribution >= 0.6 is 0 Å². The first kappa shape index (κ1) is 11.2. The lowest BCUT2D eigenvalue weighted by Gasteiger charge is -2.09. The zero-order valence-electron chi connectivity index (χ0n) is 8.53. The zero-order valence-corrected chi connectivity index (χ0v) is 9.35. The highest BCUT2D eigenvalue weighted by molar-refractivity contribution is 7.90. The van der Waals surface area contributed by atoms with Gasteiger partial charge in [-0.1, -0.05) is 6.07 Å². The van der Waals surface area contributed by atoms with Gasteiger partial charge in [-0.05, 0) is 36.6 Å². The Labute approximate surface area is 84.3 Å². The minimum absolute atomic E-state index is 0.225. The standard InChI is InChI=1S/C10H14O3S/c1-7-4-9(6-11)10(5-8(7)2)14(3,12)13/h4-5,11H,6H2,1-3H3. The van der Waals surface area contributed by atoms with Crippen molar-refractivity contribution in [3.8, 4) is 0 Å². The van der Waals surface area contributed by atoms with Crippen molar-refractivity contribution in [3.63, 3.8) is 0 Å². The van der Waals surface area contributed by atoms with E-state index >= 15 is 0 Å². The monoisotopic (exact) mass is 214 g/mol. The van der Waals surface area contributed by atoms with E-state index < -0.39 is 9.84 Å². The van der Waals surface area contributed by atoms with Gasteiger partial charge in [-0.3, -0.25) is 0 Å². The van der Waals surface area contributed by atoms with Crippen LogP contribution in [0.4, 0.5) is 0 Å². The maximum absolute atomic E-state index is 11.4. The average molecular weight is 214 g/mol. The fourth-order valence-corrected chi connectivity index (χ4v) is 2.31. The van der Waals surface area contributed by atoms with E-state index in [9.17, 15) is 8.42 Å². The highest BCUT2D eigenvalue weighted by Gasteiger charge is 2.13. The molecule has 0 aliphatic carbocycles. The number of hydrogen-bond donors (Lipinski definition) is 1. The first-order chi connectivity index (χ1) is 6.36. The Balaban J connectivity index is 3.51. The van der Waals surface area contributed by atoms with Gasteiger partial charge in [-0.2, -0.15) is 0 Å². The third-order valence-electron chi connectivity index (χ3n) is 2.25. The maximum Gasteiger partial charge on any atom is 0.175 e. The summed E-state index contributed by atoms with van der Waals surface area (Å²) in [4.78, 5) is 0.225. The number of benzene rings is 1. The van der Waals surface area contributed by atoms with E-state index in [4.69, 9.17) is 5.11 Å². The number of rotatable bonds is 2. The molecule has 0 heterocycles. The first-order valence-corrected chi connectivity index (χ1v) is 6.16. The molecule has 1 N–H and O–H groups in total. The van der Waals surface area contributed by atoms with Crippen LogP contribution in [-0.2, 0) is 16.4 Å². The molecule has 0 aliphatic rings. The van der Waals surface area contributed by atoms with Gasteiger partial charge >= 0.3 is 0 Å². The Morgan fingerprint density at radius 2 is 1.71 bits per heavy atom. The first-order valence-electron chi connectivity index (χ1n) is 4.27. The van der Waals surface area contributed by atoms with Crippen LogP contribution in [-0.4, -0.2) is 19.8 Å². The lowest BCUT2D eigenvalue weighted by Crippen LogP contribution is -2.04. The largest absolute Gasteiger partial charge is 0.392 e. The van der Waals surface area contributed by atoms with E-state index in [1.165, 1.54) is 0 Å². The van der Waals surface area contributed by atoms with Gasteiger partial charge in [-0.25, -0.2) is 8.42 Å². The molecule has 0 radical (unpaired) electrons. The third kappa shape index (κ3) is 2.13. The Bertz CT molecular complexity index is 447. The molecular formula is C10H14O3S. The van der Waals surface area contributed by atoms with Crippen LogP contribution in [0.3, 0.4) is 0 Å². The highest BCUT2D eigenvalue weighted by Crippen LogP contribution is 2.20. The molecule has 0 aliphatic heterocycles. The second kappa shape index (κ2) is 3.71. The smallest absolute Gasteiger partial charge is 0.175 e. The van der Waals surface area contributed by atoms with E-state index in [2.05, 4.69) is 0 Å². The molecule has 3 nitrogen and oxygen atoms in total. The average Bonchev–Trinajstić information content (AvgIpc) is 2.07. The molecule has 1 aromatic carbocycles. The van der Waals surface area contributed by atoms with Gasteiger partial charge in [0.05, 0.1) is 11.5 Å². The molecule has 1 aromatic rings. The Morgan fingerprint density at radius 1 is 1.21 bits per heavy atom. The van der Waals surface area contributed by atoms with E-state index in [0.29, 0.717) is 5.56 Å². The third-order valence-corrected chi connectivity index (χ3v) is 3.43. The van der Waals surface area contributed by atoms with Gasteiger partial charge < -0.3 is 5.11 Å². The quantitative estimate of drug-likeness (QED) is 0.804. The molecule has 0 aromatic heterocycles. The predicted molar refractivity (Wildman–Crippen MR) is 54.9 cm³/mol. The molecular weight excluding hydrogens is 200 g/mol. The summed E-state index contributed by atoms with van der Waals surface area (Å²) < 4.78 is 22.7. The molecule has 0 unspecified atom stereocenters. The fourth-order valence-electron chi connectivity index (χ4n) is 1.32. The van der Waals surface area contributed by atoms with Gasteiger partial charge in [0.2, 0.25) is 0 Å². The molecule has 0 atom stereocenters. The van der Waals surface area contributed by atoms with Gasteiger partial charge in [-0.15, -0.1) is 0 Å². The maximum atomic E-state index is 11.4. The van der Waals surface area contributed by atoms with Crippen LogP contribution in [0.5, 0.6) is 0 Å². The second-order valence-electron chi connectivity index (χ2n) is 3.47. The Morgan fingerprint density at radius 3 is 2.14 bits per heavy atom. The molecule has 0 saturated carbocycles. The predicted octanol–water partition coefficient (Wildman–Crippen LogP) is 1.20.